The molecule has 2 N–H and O–H groups in total. The molecule has 3 amide bonds. The van der Waals surface area contributed by atoms with Crippen LogP contribution in [0.1, 0.15) is 42.0 Å². The highest BCUT2D eigenvalue weighted by Crippen LogP contribution is 2.26. The van der Waals surface area contributed by atoms with Crippen molar-refractivity contribution < 1.29 is 9.59 Å². The number of hydrogen-bond donors (Lipinski definition) is 2. The van der Waals surface area contributed by atoms with Crippen LogP contribution in [-0.4, -0.2) is 32.9 Å². The number of fused-ring (bicyclic) bond motifs is 1. The van der Waals surface area contributed by atoms with Crippen molar-refractivity contribution in [1.82, 2.24) is 25.1 Å². The average molecular weight is 381 g/mol. The summed E-state index contributed by atoms with van der Waals surface area (Å²) in [5.74, 6) is 1.16. The second kappa shape index (κ2) is 8.04. The molecule has 148 valence electrons. The van der Waals surface area contributed by atoms with Gasteiger partial charge in [-0.25, -0.2) is 9.78 Å². The Hall–Kier alpha value is -2.83. The van der Waals surface area contributed by atoms with E-state index in [9.17, 15) is 9.59 Å². The number of carbonyl (C=O) groups excluding carboxylic acids is 2. The maximum Gasteiger partial charge on any atom is 0.318 e. The minimum Gasteiger partial charge on any atom is -0.349 e. The summed E-state index contributed by atoms with van der Waals surface area (Å²) >= 11 is 0. The molecule has 0 saturated heterocycles. The zero-order valence-corrected chi connectivity index (χ0v) is 16.3. The topological polar surface area (TPSA) is 79.3 Å². The van der Waals surface area contributed by atoms with Crippen LogP contribution < -0.4 is 10.6 Å². The highest BCUT2D eigenvalue weighted by atomic mass is 16.2. The van der Waals surface area contributed by atoms with Crippen molar-refractivity contribution >= 4 is 11.9 Å². The lowest BCUT2D eigenvalue weighted by atomic mass is 9.85. The largest absolute Gasteiger partial charge is 0.349 e. The summed E-state index contributed by atoms with van der Waals surface area (Å²) < 4.78 is 2.02. The van der Waals surface area contributed by atoms with Crippen LogP contribution in [0.5, 0.6) is 0 Å². The number of aromatic nitrogens is 2. The Labute approximate surface area is 165 Å². The van der Waals surface area contributed by atoms with Gasteiger partial charge in [-0.15, -0.1) is 0 Å². The SMILES string of the molecule is Cn1c(CNC(=O)C2CCC2)nc2c1CN(C(=O)NCc1ccccc1)CC2. The molecular formula is C21H27N5O2. The fraction of sp³-hybridized carbons (Fsp3) is 0.476. The van der Waals surface area contributed by atoms with Gasteiger partial charge in [0.1, 0.15) is 5.82 Å². The number of rotatable bonds is 5. The van der Waals surface area contributed by atoms with Crippen LogP contribution in [0.25, 0.3) is 0 Å². The molecule has 1 fully saturated rings. The minimum atomic E-state index is -0.0597. The Bertz CT molecular complexity index is 857. The van der Waals surface area contributed by atoms with Gasteiger partial charge in [0, 0.05) is 32.5 Å². The third-order valence-electron chi connectivity index (χ3n) is 5.82. The molecule has 4 rings (SSSR count). The van der Waals surface area contributed by atoms with Crippen molar-refractivity contribution in [3.05, 3.63) is 53.1 Å². The molecule has 0 spiro atoms. The summed E-state index contributed by atoms with van der Waals surface area (Å²) in [5.41, 5.74) is 3.16. The first-order valence-corrected chi connectivity index (χ1v) is 9.99. The van der Waals surface area contributed by atoms with Crippen molar-refractivity contribution in [2.24, 2.45) is 13.0 Å². The lowest BCUT2D eigenvalue weighted by Crippen LogP contribution is -2.42. The first-order valence-electron chi connectivity index (χ1n) is 9.99. The Kier molecular flexibility index (Phi) is 5.32. The zero-order valence-electron chi connectivity index (χ0n) is 16.3. The number of carbonyl (C=O) groups is 2. The van der Waals surface area contributed by atoms with E-state index in [0.29, 0.717) is 26.2 Å². The molecule has 0 radical (unpaired) electrons. The molecule has 2 heterocycles. The van der Waals surface area contributed by atoms with Crippen LogP contribution in [0, 0.1) is 5.92 Å². The van der Waals surface area contributed by atoms with Crippen LogP contribution in [-0.2, 0) is 37.9 Å². The van der Waals surface area contributed by atoms with E-state index < -0.39 is 0 Å². The van der Waals surface area contributed by atoms with Crippen molar-refractivity contribution in [1.29, 1.82) is 0 Å². The van der Waals surface area contributed by atoms with Gasteiger partial charge in [0.15, 0.2) is 0 Å². The Morgan fingerprint density at radius 2 is 1.93 bits per heavy atom. The van der Waals surface area contributed by atoms with Crippen molar-refractivity contribution in [3.8, 4) is 0 Å². The number of imidazole rings is 1. The monoisotopic (exact) mass is 381 g/mol. The van der Waals surface area contributed by atoms with E-state index in [4.69, 9.17) is 4.98 Å². The molecule has 1 aliphatic carbocycles. The molecule has 2 aromatic rings. The van der Waals surface area contributed by atoms with Crippen LogP contribution in [0.3, 0.4) is 0 Å². The average Bonchev–Trinajstić information content (AvgIpc) is 2.99. The van der Waals surface area contributed by atoms with E-state index in [0.717, 1.165) is 48.5 Å². The molecule has 1 aromatic carbocycles. The molecular weight excluding hydrogens is 354 g/mol. The van der Waals surface area contributed by atoms with E-state index in [2.05, 4.69) is 10.6 Å². The first kappa shape index (κ1) is 18.5. The first-order chi connectivity index (χ1) is 13.6. The third kappa shape index (κ3) is 3.88. The highest BCUT2D eigenvalue weighted by molar-refractivity contribution is 5.79. The van der Waals surface area contributed by atoms with Crippen molar-refractivity contribution in [2.75, 3.05) is 6.54 Å². The summed E-state index contributed by atoms with van der Waals surface area (Å²) in [4.78, 5) is 31.2. The summed E-state index contributed by atoms with van der Waals surface area (Å²) in [6.45, 7) is 2.15. The molecule has 0 bridgehead atoms. The number of amides is 3. The normalized spacial score (nSPS) is 16.2. The van der Waals surface area contributed by atoms with Gasteiger partial charge >= 0.3 is 6.03 Å². The molecule has 28 heavy (non-hydrogen) atoms. The Morgan fingerprint density at radius 3 is 2.64 bits per heavy atom. The van der Waals surface area contributed by atoms with Gasteiger partial charge < -0.3 is 20.1 Å². The predicted molar refractivity (Wildman–Crippen MR) is 105 cm³/mol. The van der Waals surface area contributed by atoms with E-state index in [-0.39, 0.29) is 17.9 Å². The lowest BCUT2D eigenvalue weighted by molar-refractivity contribution is -0.127. The van der Waals surface area contributed by atoms with Crippen molar-refractivity contribution in [2.45, 2.75) is 45.3 Å². The van der Waals surface area contributed by atoms with Gasteiger partial charge in [0.2, 0.25) is 5.91 Å². The Balaban J connectivity index is 1.34. The van der Waals surface area contributed by atoms with E-state index in [1.807, 2.05) is 46.8 Å². The summed E-state index contributed by atoms with van der Waals surface area (Å²) in [6, 6.07) is 9.84. The minimum absolute atomic E-state index is 0.0597. The number of hydrogen-bond acceptors (Lipinski definition) is 3. The van der Waals surface area contributed by atoms with Crippen molar-refractivity contribution in [3.63, 3.8) is 0 Å². The van der Waals surface area contributed by atoms with Crippen LogP contribution in [0.15, 0.2) is 30.3 Å². The maximum absolute atomic E-state index is 12.6. The molecule has 0 unspecified atom stereocenters. The number of nitrogens with one attached hydrogen (secondary N) is 2. The number of benzene rings is 1. The van der Waals surface area contributed by atoms with Crippen LogP contribution in [0.4, 0.5) is 4.79 Å². The number of nitrogens with zero attached hydrogens (tertiary/aromatic N) is 3. The molecule has 1 aromatic heterocycles. The van der Waals surface area contributed by atoms with Crippen LogP contribution in [0.2, 0.25) is 0 Å². The van der Waals surface area contributed by atoms with Gasteiger partial charge in [0.25, 0.3) is 0 Å². The quantitative estimate of drug-likeness (QED) is 0.833. The Morgan fingerprint density at radius 1 is 1.14 bits per heavy atom. The molecule has 7 nitrogen and oxygen atoms in total. The molecule has 2 aliphatic rings. The fourth-order valence-corrected chi connectivity index (χ4v) is 3.74. The fourth-order valence-electron chi connectivity index (χ4n) is 3.74. The third-order valence-corrected chi connectivity index (χ3v) is 5.82. The maximum atomic E-state index is 12.6. The lowest BCUT2D eigenvalue weighted by Gasteiger charge is -2.27. The smallest absolute Gasteiger partial charge is 0.318 e. The van der Waals surface area contributed by atoms with Gasteiger partial charge in [-0.2, -0.15) is 0 Å². The summed E-state index contributed by atoms with van der Waals surface area (Å²) in [6.07, 6.45) is 3.88. The molecule has 0 atom stereocenters. The van der Waals surface area contributed by atoms with Gasteiger partial charge in [-0.05, 0) is 18.4 Å². The summed E-state index contributed by atoms with van der Waals surface area (Å²) in [7, 11) is 1.96. The standard InChI is InChI=1S/C21H27N5O2/c1-25-18-14-26(21(28)23-12-15-6-3-2-4-7-15)11-10-17(18)24-19(25)13-22-20(27)16-8-5-9-16/h2-4,6-7,16H,5,8-14H2,1H3,(H,22,27)(H,23,28). The molecule has 7 heteroatoms. The predicted octanol–water partition coefficient (Wildman–Crippen LogP) is 2.10. The molecule has 1 saturated carbocycles. The van der Waals surface area contributed by atoms with E-state index in [1.165, 1.54) is 0 Å². The van der Waals surface area contributed by atoms with E-state index in [1.54, 1.807) is 0 Å². The van der Waals surface area contributed by atoms with E-state index >= 15 is 0 Å². The number of urea groups is 1. The van der Waals surface area contributed by atoms with Crippen LogP contribution >= 0.6 is 0 Å². The second-order valence-corrected chi connectivity index (χ2v) is 7.64. The van der Waals surface area contributed by atoms with Gasteiger partial charge in [0.05, 0.1) is 24.5 Å². The molecule has 1 aliphatic heterocycles. The van der Waals surface area contributed by atoms with Gasteiger partial charge in [-0.1, -0.05) is 36.8 Å². The second-order valence-electron chi connectivity index (χ2n) is 7.64. The summed E-state index contributed by atoms with van der Waals surface area (Å²) in [5, 5.41) is 6.00. The zero-order chi connectivity index (χ0) is 19.5. The van der Waals surface area contributed by atoms with Gasteiger partial charge in [-0.3, -0.25) is 4.79 Å². The highest BCUT2D eigenvalue weighted by Gasteiger charge is 2.27.